The lowest BCUT2D eigenvalue weighted by Gasteiger charge is -2.24. The van der Waals surface area contributed by atoms with Gasteiger partial charge in [0.25, 0.3) is 0 Å². The third-order valence-electron chi connectivity index (χ3n) is 4.77. The van der Waals surface area contributed by atoms with Crippen molar-refractivity contribution < 1.29 is 19.1 Å². The molecule has 0 N–H and O–H groups in total. The van der Waals surface area contributed by atoms with Crippen LogP contribution in [-0.4, -0.2) is 25.7 Å². The smallest absolute Gasteiger partial charge is 0.313 e. The lowest BCUT2D eigenvalue weighted by Crippen LogP contribution is -2.34. The average molecular weight is 236 g/mol. The maximum atomic E-state index is 12.0. The number of allylic oxidation sites excluding steroid dienone is 1. The molecule has 0 bridgehead atoms. The Bertz CT molecular complexity index is 414. The summed E-state index contributed by atoms with van der Waals surface area (Å²) in [4.78, 5) is 23.8. The van der Waals surface area contributed by atoms with Crippen molar-refractivity contribution in [1.82, 2.24) is 0 Å². The zero-order valence-electron chi connectivity index (χ0n) is 9.90. The summed E-state index contributed by atoms with van der Waals surface area (Å²) in [7, 11) is 1.40. The average Bonchev–Trinajstić information content (AvgIpc) is 2.87. The first-order chi connectivity index (χ1) is 8.09. The van der Waals surface area contributed by atoms with Crippen LogP contribution < -0.4 is 0 Å². The van der Waals surface area contributed by atoms with Crippen molar-refractivity contribution in [3.05, 3.63) is 12.2 Å². The molecular weight excluding hydrogens is 220 g/mol. The predicted octanol–water partition coefficient (Wildman–Crippen LogP) is 1.30. The van der Waals surface area contributed by atoms with Crippen LogP contribution in [0.4, 0.5) is 0 Å². The second-order valence-corrected chi connectivity index (χ2v) is 5.44. The van der Waals surface area contributed by atoms with Gasteiger partial charge in [-0.1, -0.05) is 12.2 Å². The molecule has 17 heavy (non-hydrogen) atoms. The number of hydrogen-bond donors (Lipinski definition) is 0. The first kappa shape index (κ1) is 10.8. The van der Waals surface area contributed by atoms with Crippen LogP contribution in [0.2, 0.25) is 0 Å². The predicted molar refractivity (Wildman–Crippen MR) is 58.9 cm³/mol. The summed E-state index contributed by atoms with van der Waals surface area (Å²) < 4.78 is 10.0. The minimum atomic E-state index is -0.462. The molecule has 4 heteroatoms. The van der Waals surface area contributed by atoms with Crippen molar-refractivity contribution in [3.8, 4) is 0 Å². The fourth-order valence-corrected chi connectivity index (χ4v) is 4.08. The van der Waals surface area contributed by atoms with Crippen LogP contribution in [0.3, 0.4) is 0 Å². The summed E-state index contributed by atoms with van der Waals surface area (Å²) in [5.41, 5.74) is 0.651. The van der Waals surface area contributed by atoms with Gasteiger partial charge in [-0.15, -0.1) is 0 Å². The molecule has 0 aromatic rings. The quantitative estimate of drug-likeness (QED) is 0.508. The molecule has 1 aliphatic heterocycles. The standard InChI is InChI=1S/C13H16O4/c1-7-3-8-4-9(11(14)16-2)10-6-17-12(15)13(8,10)5-7/h8-10H,1,3-6H2,2H3/t8-,9+,10-,13+/m0/s1. The maximum absolute atomic E-state index is 12.0. The highest BCUT2D eigenvalue weighted by atomic mass is 16.5. The molecule has 4 atom stereocenters. The Labute approximate surface area is 100.0 Å². The van der Waals surface area contributed by atoms with Crippen LogP contribution in [0.25, 0.3) is 0 Å². The molecule has 0 radical (unpaired) electrons. The van der Waals surface area contributed by atoms with Gasteiger partial charge in [0.05, 0.1) is 25.0 Å². The van der Waals surface area contributed by atoms with Crippen molar-refractivity contribution in [1.29, 1.82) is 0 Å². The molecule has 92 valence electrons. The minimum absolute atomic E-state index is 0.00769. The van der Waals surface area contributed by atoms with E-state index in [1.54, 1.807) is 0 Å². The van der Waals surface area contributed by atoms with Crippen molar-refractivity contribution in [2.24, 2.45) is 23.2 Å². The summed E-state index contributed by atoms with van der Waals surface area (Å²) in [6.45, 7) is 4.36. The Morgan fingerprint density at radius 1 is 1.59 bits per heavy atom. The topological polar surface area (TPSA) is 52.6 Å². The Hall–Kier alpha value is -1.32. The molecule has 2 aliphatic carbocycles. The highest BCUT2D eigenvalue weighted by molar-refractivity contribution is 5.85. The van der Waals surface area contributed by atoms with E-state index in [0.717, 1.165) is 18.4 Å². The lowest BCUT2D eigenvalue weighted by atomic mass is 9.74. The molecule has 0 amide bonds. The van der Waals surface area contributed by atoms with Crippen molar-refractivity contribution in [2.75, 3.05) is 13.7 Å². The normalized spacial score (nSPS) is 43.2. The molecule has 1 saturated heterocycles. The van der Waals surface area contributed by atoms with Crippen LogP contribution in [0.1, 0.15) is 19.3 Å². The van der Waals surface area contributed by atoms with E-state index in [0.29, 0.717) is 13.0 Å². The third-order valence-corrected chi connectivity index (χ3v) is 4.77. The minimum Gasteiger partial charge on any atom is -0.469 e. The number of rotatable bonds is 1. The molecule has 3 fully saturated rings. The molecule has 3 rings (SSSR count). The van der Waals surface area contributed by atoms with Crippen molar-refractivity contribution in [2.45, 2.75) is 19.3 Å². The maximum Gasteiger partial charge on any atom is 0.313 e. The van der Waals surface area contributed by atoms with Crippen LogP contribution in [0.5, 0.6) is 0 Å². The number of hydrogen-bond acceptors (Lipinski definition) is 4. The largest absolute Gasteiger partial charge is 0.469 e. The highest BCUT2D eigenvalue weighted by Crippen LogP contribution is 2.64. The molecule has 1 heterocycles. The summed E-state index contributed by atoms with van der Waals surface area (Å²) in [5.74, 6) is -0.291. The summed E-state index contributed by atoms with van der Waals surface area (Å²) >= 11 is 0. The van der Waals surface area contributed by atoms with E-state index in [1.165, 1.54) is 7.11 Å². The van der Waals surface area contributed by atoms with Gasteiger partial charge < -0.3 is 9.47 Å². The van der Waals surface area contributed by atoms with Gasteiger partial charge in [-0.25, -0.2) is 0 Å². The summed E-state index contributed by atoms with van der Waals surface area (Å²) in [6.07, 6.45) is 2.28. The Morgan fingerprint density at radius 2 is 2.35 bits per heavy atom. The van der Waals surface area contributed by atoms with E-state index in [1.807, 2.05) is 0 Å². The van der Waals surface area contributed by atoms with E-state index in [4.69, 9.17) is 9.47 Å². The zero-order valence-corrected chi connectivity index (χ0v) is 9.90. The van der Waals surface area contributed by atoms with Crippen molar-refractivity contribution >= 4 is 11.9 Å². The van der Waals surface area contributed by atoms with Crippen LogP contribution in [-0.2, 0) is 19.1 Å². The van der Waals surface area contributed by atoms with E-state index >= 15 is 0 Å². The fraction of sp³-hybridized carbons (Fsp3) is 0.692. The zero-order chi connectivity index (χ0) is 12.2. The Morgan fingerprint density at radius 3 is 3.06 bits per heavy atom. The molecule has 1 spiro atoms. The lowest BCUT2D eigenvalue weighted by molar-refractivity contribution is -0.148. The molecule has 2 saturated carbocycles. The highest BCUT2D eigenvalue weighted by Gasteiger charge is 2.67. The second-order valence-electron chi connectivity index (χ2n) is 5.44. The number of ether oxygens (including phenoxy) is 2. The van der Waals surface area contributed by atoms with Gasteiger partial charge in [0.2, 0.25) is 0 Å². The SMILES string of the molecule is C=C1C[C@H]2C[C@@H](C(=O)OC)[C@@H]3COC(=O)[C@]23C1. The molecule has 0 unspecified atom stereocenters. The number of carbonyl (C=O) groups excluding carboxylic acids is 2. The molecule has 3 aliphatic rings. The van der Waals surface area contributed by atoms with Gasteiger partial charge in [0.1, 0.15) is 0 Å². The second kappa shape index (κ2) is 3.34. The van der Waals surface area contributed by atoms with E-state index < -0.39 is 5.41 Å². The number of methoxy groups -OCH3 is 1. The number of esters is 2. The van der Waals surface area contributed by atoms with E-state index in [-0.39, 0.29) is 29.7 Å². The van der Waals surface area contributed by atoms with Gasteiger partial charge in [-0.2, -0.15) is 0 Å². The third kappa shape index (κ3) is 1.18. The van der Waals surface area contributed by atoms with Crippen molar-refractivity contribution in [3.63, 3.8) is 0 Å². The van der Waals surface area contributed by atoms with E-state index in [2.05, 4.69) is 6.58 Å². The molecule has 4 nitrogen and oxygen atoms in total. The Kier molecular flexibility index (Phi) is 2.12. The van der Waals surface area contributed by atoms with Gasteiger partial charge >= 0.3 is 11.9 Å². The van der Waals surface area contributed by atoms with Gasteiger partial charge in [0.15, 0.2) is 0 Å². The number of cyclic esters (lactones) is 1. The fourth-order valence-electron chi connectivity index (χ4n) is 4.08. The Balaban J connectivity index is 1.99. The summed E-state index contributed by atoms with van der Waals surface area (Å²) in [6, 6.07) is 0. The molecule has 0 aromatic heterocycles. The van der Waals surface area contributed by atoms with Crippen LogP contribution in [0.15, 0.2) is 12.2 Å². The monoisotopic (exact) mass is 236 g/mol. The molecule has 0 aromatic carbocycles. The first-order valence-electron chi connectivity index (χ1n) is 6.01. The van der Waals surface area contributed by atoms with Crippen LogP contribution >= 0.6 is 0 Å². The van der Waals surface area contributed by atoms with Crippen LogP contribution in [0, 0.1) is 23.2 Å². The summed E-state index contributed by atoms with van der Waals surface area (Å²) in [5, 5.41) is 0. The van der Waals surface area contributed by atoms with Gasteiger partial charge in [-0.3, -0.25) is 9.59 Å². The van der Waals surface area contributed by atoms with Gasteiger partial charge in [0, 0.05) is 5.92 Å². The van der Waals surface area contributed by atoms with E-state index in [9.17, 15) is 9.59 Å². The first-order valence-corrected chi connectivity index (χ1v) is 6.01. The molecular formula is C13H16O4. The number of carbonyl (C=O) groups is 2. The van der Waals surface area contributed by atoms with Gasteiger partial charge in [-0.05, 0) is 25.2 Å².